The van der Waals surface area contributed by atoms with Gasteiger partial charge in [-0.3, -0.25) is 4.79 Å². The number of rotatable bonds is 3. The minimum Gasteiger partial charge on any atom is -0.379 e. The molecule has 23 heavy (non-hydrogen) atoms. The number of amides is 1. The van der Waals surface area contributed by atoms with Crippen LogP contribution in [0.2, 0.25) is 5.02 Å². The van der Waals surface area contributed by atoms with Crippen molar-refractivity contribution < 1.29 is 21.8 Å². The van der Waals surface area contributed by atoms with Crippen LogP contribution in [0.3, 0.4) is 0 Å². The highest BCUT2D eigenvalue weighted by Crippen LogP contribution is 2.29. The van der Waals surface area contributed by atoms with E-state index in [2.05, 4.69) is 5.32 Å². The van der Waals surface area contributed by atoms with Gasteiger partial charge in [0.05, 0.1) is 5.02 Å². The third-order valence-corrected chi connectivity index (χ3v) is 4.89. The number of hydrogen-bond acceptors (Lipinski definition) is 4. The lowest BCUT2D eigenvalue weighted by Crippen LogP contribution is -2.19. The topological polar surface area (TPSA) is 72.5 Å². The summed E-state index contributed by atoms with van der Waals surface area (Å²) < 4.78 is 42.6. The predicted molar refractivity (Wildman–Crippen MR) is 82.6 cm³/mol. The van der Waals surface area contributed by atoms with Gasteiger partial charge in [-0.2, -0.15) is 8.42 Å². The first kappa shape index (κ1) is 15.8. The lowest BCUT2D eigenvalue weighted by molar-refractivity contribution is -0.116. The maximum Gasteiger partial charge on any atom is 0.339 e. The number of halogens is 2. The van der Waals surface area contributed by atoms with Gasteiger partial charge in [-0.25, -0.2) is 4.39 Å². The van der Waals surface area contributed by atoms with Gasteiger partial charge in [-0.1, -0.05) is 11.6 Å². The van der Waals surface area contributed by atoms with E-state index >= 15 is 0 Å². The Morgan fingerprint density at radius 3 is 2.65 bits per heavy atom. The second kappa shape index (κ2) is 5.82. The van der Waals surface area contributed by atoms with Crippen LogP contribution in [0.5, 0.6) is 5.75 Å². The Kier molecular flexibility index (Phi) is 3.99. The van der Waals surface area contributed by atoms with E-state index in [0.717, 1.165) is 23.8 Å². The highest BCUT2D eigenvalue weighted by molar-refractivity contribution is 7.87. The monoisotopic (exact) mass is 355 g/mol. The molecule has 0 atom stereocenters. The second-order valence-electron chi connectivity index (χ2n) is 4.98. The zero-order valence-corrected chi connectivity index (χ0v) is 13.2. The van der Waals surface area contributed by atoms with Crippen LogP contribution in [0.4, 0.5) is 10.1 Å². The normalized spacial score (nSPS) is 14.1. The summed E-state index contributed by atoms with van der Waals surface area (Å²) in [4.78, 5) is 11.1. The van der Waals surface area contributed by atoms with Gasteiger partial charge in [0.2, 0.25) is 5.91 Å². The van der Waals surface area contributed by atoms with Crippen LogP contribution >= 0.6 is 11.6 Å². The van der Waals surface area contributed by atoms with Crippen LogP contribution in [0, 0.1) is 5.82 Å². The molecule has 0 unspecified atom stereocenters. The minimum atomic E-state index is -4.13. The molecule has 2 aromatic carbocycles. The molecule has 3 rings (SSSR count). The molecule has 1 heterocycles. The molecule has 1 amide bonds. The molecule has 120 valence electrons. The van der Waals surface area contributed by atoms with Crippen molar-refractivity contribution in [2.75, 3.05) is 5.32 Å². The van der Waals surface area contributed by atoms with Gasteiger partial charge in [0.15, 0.2) is 0 Å². The van der Waals surface area contributed by atoms with Crippen molar-refractivity contribution in [3.05, 3.63) is 52.8 Å². The Hall–Kier alpha value is -2.12. The summed E-state index contributed by atoms with van der Waals surface area (Å²) in [6, 6.07) is 7.60. The maximum atomic E-state index is 13.1. The van der Waals surface area contributed by atoms with Gasteiger partial charge < -0.3 is 9.50 Å². The van der Waals surface area contributed by atoms with Crippen LogP contribution in [0.25, 0.3) is 0 Å². The largest absolute Gasteiger partial charge is 0.379 e. The van der Waals surface area contributed by atoms with Crippen LogP contribution in [0.15, 0.2) is 41.3 Å². The number of fused-ring (bicyclic) bond motifs is 1. The van der Waals surface area contributed by atoms with E-state index in [1.165, 1.54) is 6.07 Å². The van der Waals surface area contributed by atoms with Gasteiger partial charge in [0.25, 0.3) is 0 Å². The van der Waals surface area contributed by atoms with Crippen molar-refractivity contribution in [1.82, 2.24) is 0 Å². The van der Waals surface area contributed by atoms with Gasteiger partial charge in [0, 0.05) is 12.1 Å². The summed E-state index contributed by atoms with van der Waals surface area (Å²) in [5.74, 6) is -0.685. The van der Waals surface area contributed by atoms with Gasteiger partial charge >= 0.3 is 10.1 Å². The summed E-state index contributed by atoms with van der Waals surface area (Å²) in [5.41, 5.74) is 1.42. The van der Waals surface area contributed by atoms with Gasteiger partial charge in [-0.15, -0.1) is 0 Å². The number of carbonyl (C=O) groups excluding carboxylic acids is 1. The molecule has 1 aliphatic rings. The molecule has 1 aliphatic heterocycles. The number of anilines is 1. The third-order valence-electron chi connectivity index (χ3n) is 3.36. The highest BCUT2D eigenvalue weighted by Gasteiger charge is 2.20. The van der Waals surface area contributed by atoms with E-state index in [9.17, 15) is 17.6 Å². The summed E-state index contributed by atoms with van der Waals surface area (Å²) in [6.07, 6.45) is 0.831. The number of benzene rings is 2. The Morgan fingerprint density at radius 1 is 1.13 bits per heavy atom. The molecule has 0 bridgehead atoms. The summed E-state index contributed by atoms with van der Waals surface area (Å²) in [5, 5.41) is 2.39. The highest BCUT2D eigenvalue weighted by atomic mass is 35.5. The molecule has 0 fully saturated rings. The van der Waals surface area contributed by atoms with Crippen LogP contribution in [0.1, 0.15) is 12.0 Å². The fraction of sp³-hybridized carbons (Fsp3) is 0.133. The summed E-state index contributed by atoms with van der Waals surface area (Å²) in [7, 11) is -4.13. The van der Waals surface area contributed by atoms with E-state index in [-0.39, 0.29) is 21.6 Å². The number of nitrogens with one attached hydrogen (secondary N) is 1. The van der Waals surface area contributed by atoms with Crippen molar-refractivity contribution in [3.8, 4) is 5.75 Å². The van der Waals surface area contributed by atoms with Crippen molar-refractivity contribution in [2.45, 2.75) is 17.7 Å². The molecule has 8 heteroatoms. The first-order valence-corrected chi connectivity index (χ1v) is 8.46. The zero-order chi connectivity index (χ0) is 16.6. The molecular weight excluding hydrogens is 345 g/mol. The van der Waals surface area contributed by atoms with Crippen molar-refractivity contribution in [3.63, 3.8) is 0 Å². The fourth-order valence-corrected chi connectivity index (χ4v) is 3.41. The van der Waals surface area contributed by atoms with E-state index in [1.54, 1.807) is 12.1 Å². The lowest BCUT2D eigenvalue weighted by Gasteiger charge is -2.17. The van der Waals surface area contributed by atoms with E-state index in [1.807, 2.05) is 0 Å². The smallest absolute Gasteiger partial charge is 0.339 e. The third kappa shape index (κ3) is 3.30. The molecular formula is C15H11ClFNO4S. The van der Waals surface area contributed by atoms with Crippen molar-refractivity contribution >= 4 is 33.3 Å². The van der Waals surface area contributed by atoms with Crippen LogP contribution in [-0.2, 0) is 21.3 Å². The molecule has 1 N–H and O–H groups in total. The Labute approximate surface area is 137 Å². The lowest BCUT2D eigenvalue weighted by atomic mass is 10.0. The Bertz CT molecular complexity index is 898. The molecule has 0 aromatic heterocycles. The molecule has 0 saturated heterocycles. The molecule has 0 saturated carbocycles. The number of carbonyl (C=O) groups is 1. The number of aryl methyl sites for hydroxylation is 1. The quantitative estimate of drug-likeness (QED) is 0.858. The second-order valence-corrected chi connectivity index (χ2v) is 6.93. The zero-order valence-electron chi connectivity index (χ0n) is 11.7. The fourth-order valence-electron chi connectivity index (χ4n) is 2.22. The average molecular weight is 356 g/mol. The molecule has 0 spiro atoms. The predicted octanol–water partition coefficient (Wildman–Crippen LogP) is 3.13. The summed E-state index contributed by atoms with van der Waals surface area (Å²) in [6.45, 7) is 0. The molecule has 2 aromatic rings. The van der Waals surface area contributed by atoms with Gasteiger partial charge in [0.1, 0.15) is 16.5 Å². The number of hydrogen-bond donors (Lipinski definition) is 1. The Balaban J connectivity index is 1.88. The van der Waals surface area contributed by atoms with E-state index in [0.29, 0.717) is 18.5 Å². The van der Waals surface area contributed by atoms with Gasteiger partial charge in [-0.05, 0) is 48.4 Å². The van der Waals surface area contributed by atoms with Crippen molar-refractivity contribution in [2.24, 2.45) is 0 Å². The first-order valence-electron chi connectivity index (χ1n) is 6.67. The molecule has 0 radical (unpaired) electrons. The van der Waals surface area contributed by atoms with Crippen molar-refractivity contribution in [1.29, 1.82) is 0 Å². The van der Waals surface area contributed by atoms with Crippen LogP contribution in [-0.4, -0.2) is 14.3 Å². The minimum absolute atomic E-state index is 0.0836. The van der Waals surface area contributed by atoms with E-state index < -0.39 is 15.9 Å². The van der Waals surface area contributed by atoms with Crippen LogP contribution < -0.4 is 9.50 Å². The Morgan fingerprint density at radius 2 is 1.91 bits per heavy atom. The maximum absolute atomic E-state index is 13.1. The summed E-state index contributed by atoms with van der Waals surface area (Å²) >= 11 is 5.60. The standard InChI is InChI=1S/C15H11ClFNO4S/c16-12-8-11(3-4-13(12)17)23(20,21)22-10-2-5-14-9(7-10)1-6-15(19)18-14/h2-5,7-8H,1,6H2,(H,18,19). The van der Waals surface area contributed by atoms with E-state index in [4.69, 9.17) is 15.8 Å². The molecule has 0 aliphatic carbocycles. The SMILES string of the molecule is O=C1CCc2cc(OS(=O)(=O)c3ccc(F)c(Cl)c3)ccc2N1. The molecule has 5 nitrogen and oxygen atoms in total. The first-order chi connectivity index (χ1) is 10.8. The average Bonchev–Trinajstić information content (AvgIpc) is 2.49.